The summed E-state index contributed by atoms with van der Waals surface area (Å²) < 4.78 is 34.9. The molecular formula is C22H16F2N6O2. The molecule has 10 heteroatoms. The van der Waals surface area contributed by atoms with E-state index in [-0.39, 0.29) is 29.0 Å². The molecule has 0 bridgehead atoms. The molecular weight excluding hydrogens is 418 g/mol. The van der Waals surface area contributed by atoms with Gasteiger partial charge in [-0.1, -0.05) is 11.2 Å². The minimum Gasteiger partial charge on any atom is -0.338 e. The maximum Gasteiger partial charge on any atom is 0.255 e. The van der Waals surface area contributed by atoms with Crippen LogP contribution in [0.15, 0.2) is 47.2 Å². The van der Waals surface area contributed by atoms with Crippen LogP contribution in [0.1, 0.15) is 15.9 Å². The molecule has 0 unspecified atom stereocenters. The Kier molecular flexibility index (Phi) is 4.59. The number of rotatable bonds is 4. The van der Waals surface area contributed by atoms with Crippen LogP contribution in [-0.4, -0.2) is 38.7 Å². The van der Waals surface area contributed by atoms with Crippen molar-refractivity contribution in [2.45, 2.75) is 6.92 Å². The van der Waals surface area contributed by atoms with E-state index in [2.05, 4.69) is 21.6 Å². The van der Waals surface area contributed by atoms with E-state index in [1.807, 2.05) is 0 Å². The van der Waals surface area contributed by atoms with Gasteiger partial charge in [0.1, 0.15) is 17.3 Å². The van der Waals surface area contributed by atoms with E-state index in [4.69, 9.17) is 9.78 Å². The molecule has 3 aromatic heterocycles. The predicted octanol–water partition coefficient (Wildman–Crippen LogP) is 3.92. The maximum absolute atomic E-state index is 14.1. The Morgan fingerprint density at radius 1 is 1.28 bits per heavy atom. The highest BCUT2D eigenvalue weighted by molar-refractivity contribution is 6.00. The molecule has 1 aliphatic rings. The van der Waals surface area contributed by atoms with Gasteiger partial charge in [-0.05, 0) is 30.7 Å². The van der Waals surface area contributed by atoms with Crippen molar-refractivity contribution in [1.29, 1.82) is 5.26 Å². The minimum atomic E-state index is -0.744. The van der Waals surface area contributed by atoms with Crippen molar-refractivity contribution >= 4 is 23.0 Å². The molecule has 0 spiro atoms. The van der Waals surface area contributed by atoms with Crippen LogP contribution in [0.5, 0.6) is 0 Å². The summed E-state index contributed by atoms with van der Waals surface area (Å²) in [6, 6.07) is 8.80. The predicted molar refractivity (Wildman–Crippen MR) is 110 cm³/mol. The molecule has 0 aliphatic carbocycles. The highest BCUT2D eigenvalue weighted by Gasteiger charge is 2.32. The number of amides is 1. The smallest absolute Gasteiger partial charge is 0.255 e. The van der Waals surface area contributed by atoms with Gasteiger partial charge in [-0.25, -0.2) is 13.3 Å². The van der Waals surface area contributed by atoms with Gasteiger partial charge in [-0.3, -0.25) is 4.79 Å². The Bertz CT molecular complexity index is 1380. The Morgan fingerprint density at radius 3 is 2.75 bits per heavy atom. The average Bonchev–Trinajstić information content (AvgIpc) is 3.32. The summed E-state index contributed by atoms with van der Waals surface area (Å²) in [5, 5.41) is 20.0. The lowest BCUT2D eigenvalue weighted by Crippen LogP contribution is -2.49. The summed E-state index contributed by atoms with van der Waals surface area (Å²) in [6.07, 6.45) is 3.19. The quantitative estimate of drug-likeness (QED) is 0.523. The van der Waals surface area contributed by atoms with Gasteiger partial charge in [0, 0.05) is 31.5 Å². The summed E-state index contributed by atoms with van der Waals surface area (Å²) in [4.78, 5) is 14.4. The molecule has 0 radical (unpaired) electrons. The molecule has 1 aromatic carbocycles. The van der Waals surface area contributed by atoms with Crippen LogP contribution in [0, 0.1) is 35.8 Å². The first-order valence-corrected chi connectivity index (χ1v) is 9.80. The number of hydrogen-bond donors (Lipinski definition) is 1. The molecule has 1 aliphatic heterocycles. The van der Waals surface area contributed by atoms with E-state index in [1.165, 1.54) is 12.1 Å². The number of likely N-dealkylation sites (tertiary alicyclic amines) is 1. The summed E-state index contributed by atoms with van der Waals surface area (Å²) in [7, 11) is 0. The largest absolute Gasteiger partial charge is 0.338 e. The molecule has 1 saturated heterocycles. The number of nitriles is 1. The number of aryl methyl sites for hydroxylation is 1. The van der Waals surface area contributed by atoms with Crippen LogP contribution in [0.4, 0.5) is 20.4 Å². The first-order valence-electron chi connectivity index (χ1n) is 9.80. The number of carbonyl (C=O) groups excluding carboxylic acids is 1. The van der Waals surface area contributed by atoms with E-state index in [0.29, 0.717) is 35.4 Å². The Labute approximate surface area is 180 Å². The lowest BCUT2D eigenvalue weighted by atomic mass is 10.0. The molecule has 1 N–H and O–H groups in total. The molecule has 5 rings (SSSR count). The van der Waals surface area contributed by atoms with Gasteiger partial charge in [-0.2, -0.15) is 10.4 Å². The van der Waals surface area contributed by atoms with Crippen LogP contribution in [0.25, 0.3) is 16.8 Å². The minimum absolute atomic E-state index is 0.0148. The third-order valence-electron chi connectivity index (χ3n) is 5.50. The van der Waals surface area contributed by atoms with Gasteiger partial charge in [0.15, 0.2) is 0 Å². The van der Waals surface area contributed by atoms with Crippen molar-refractivity contribution in [1.82, 2.24) is 19.7 Å². The number of benzene rings is 1. The van der Waals surface area contributed by atoms with Crippen LogP contribution in [-0.2, 0) is 0 Å². The lowest BCUT2D eigenvalue weighted by molar-refractivity contribution is 0.0576. The molecule has 160 valence electrons. The lowest BCUT2D eigenvalue weighted by Gasteiger charge is -2.35. The molecule has 0 saturated carbocycles. The standard InChI is InChI=1S/C22H16F2N6O2/c1-12-14(22(31)29-9-13(8-25)10-29)11-30-21(12)17(5-6-26-30)27-19-7-18(28-32-19)20-15(23)3-2-4-16(20)24/h2-7,11,13,27H,9-10H2,1H3. The topological polar surface area (TPSA) is 99.5 Å². The van der Waals surface area contributed by atoms with Gasteiger partial charge in [0.2, 0.25) is 5.88 Å². The SMILES string of the molecule is Cc1c(C(=O)N2CC(C#N)C2)cn2nccc(Nc3cc(-c4c(F)cccc4F)no3)c12. The van der Waals surface area contributed by atoms with Crippen LogP contribution >= 0.6 is 0 Å². The second-order valence-corrected chi connectivity index (χ2v) is 7.54. The Hall–Kier alpha value is -4.26. The molecule has 8 nitrogen and oxygen atoms in total. The first-order chi connectivity index (χ1) is 15.5. The summed E-state index contributed by atoms with van der Waals surface area (Å²) in [6.45, 7) is 2.62. The highest BCUT2D eigenvalue weighted by Crippen LogP contribution is 2.31. The second kappa shape index (κ2) is 7.46. The molecule has 4 heterocycles. The van der Waals surface area contributed by atoms with Crippen molar-refractivity contribution in [2.75, 3.05) is 18.4 Å². The monoisotopic (exact) mass is 434 g/mol. The van der Waals surface area contributed by atoms with Gasteiger partial charge in [0.05, 0.1) is 34.3 Å². The van der Waals surface area contributed by atoms with E-state index < -0.39 is 11.6 Å². The zero-order valence-corrected chi connectivity index (χ0v) is 16.8. The van der Waals surface area contributed by atoms with Crippen molar-refractivity contribution < 1.29 is 18.1 Å². The molecule has 32 heavy (non-hydrogen) atoms. The van der Waals surface area contributed by atoms with Crippen LogP contribution in [0.2, 0.25) is 0 Å². The molecule has 1 fully saturated rings. The van der Waals surface area contributed by atoms with E-state index >= 15 is 0 Å². The normalized spacial score (nSPS) is 13.8. The summed E-state index contributed by atoms with van der Waals surface area (Å²) in [5.74, 6) is -1.62. The van der Waals surface area contributed by atoms with Crippen molar-refractivity contribution in [3.8, 4) is 17.3 Å². The van der Waals surface area contributed by atoms with Crippen molar-refractivity contribution in [3.05, 3.63) is 65.5 Å². The molecule has 1 amide bonds. The number of nitrogens with one attached hydrogen (secondary N) is 1. The number of anilines is 2. The fourth-order valence-electron chi connectivity index (χ4n) is 3.80. The number of fused-ring (bicyclic) bond motifs is 1. The van der Waals surface area contributed by atoms with Gasteiger partial charge >= 0.3 is 0 Å². The number of halogens is 2. The van der Waals surface area contributed by atoms with E-state index in [9.17, 15) is 13.6 Å². The Balaban J connectivity index is 1.46. The average molecular weight is 434 g/mol. The number of hydrogen-bond acceptors (Lipinski definition) is 6. The summed E-state index contributed by atoms with van der Waals surface area (Å²) >= 11 is 0. The van der Waals surface area contributed by atoms with E-state index in [0.717, 1.165) is 12.1 Å². The fraction of sp³-hybridized carbons (Fsp3) is 0.182. The van der Waals surface area contributed by atoms with Crippen LogP contribution in [0.3, 0.4) is 0 Å². The van der Waals surface area contributed by atoms with E-state index in [1.54, 1.807) is 34.8 Å². The highest BCUT2D eigenvalue weighted by atomic mass is 19.1. The molecule has 0 atom stereocenters. The van der Waals surface area contributed by atoms with Crippen LogP contribution < -0.4 is 5.32 Å². The maximum atomic E-state index is 14.1. The second-order valence-electron chi connectivity index (χ2n) is 7.54. The van der Waals surface area contributed by atoms with Crippen molar-refractivity contribution in [3.63, 3.8) is 0 Å². The van der Waals surface area contributed by atoms with Gasteiger partial charge < -0.3 is 14.7 Å². The Morgan fingerprint density at radius 2 is 2.03 bits per heavy atom. The summed E-state index contributed by atoms with van der Waals surface area (Å²) in [5.41, 5.74) is 2.14. The zero-order valence-electron chi connectivity index (χ0n) is 16.8. The third kappa shape index (κ3) is 3.15. The fourth-order valence-corrected chi connectivity index (χ4v) is 3.80. The number of nitrogens with zero attached hydrogens (tertiary/aromatic N) is 5. The van der Waals surface area contributed by atoms with Crippen molar-refractivity contribution in [2.24, 2.45) is 5.92 Å². The van der Waals surface area contributed by atoms with Gasteiger partial charge in [-0.15, -0.1) is 0 Å². The number of aromatic nitrogens is 3. The third-order valence-corrected chi connectivity index (χ3v) is 5.50. The van der Waals surface area contributed by atoms with Gasteiger partial charge in [0.25, 0.3) is 5.91 Å². The first kappa shape index (κ1) is 19.7. The zero-order chi connectivity index (χ0) is 22.4. The molecule has 4 aromatic rings. The number of carbonyl (C=O) groups is 1.